The van der Waals surface area contributed by atoms with Crippen LogP contribution in [0.1, 0.15) is 74.7 Å². The lowest BCUT2D eigenvalue weighted by molar-refractivity contribution is -0.140. The molecule has 1 aliphatic carbocycles. The lowest BCUT2D eigenvalue weighted by atomic mass is 9.85. The molecule has 0 N–H and O–H groups in total. The first-order valence-corrected chi connectivity index (χ1v) is 14.9. The van der Waals surface area contributed by atoms with E-state index in [1.165, 1.54) is 12.7 Å². The van der Waals surface area contributed by atoms with Gasteiger partial charge in [-0.3, -0.25) is 9.59 Å². The molecule has 1 saturated carbocycles. The molecule has 4 atom stereocenters. The third kappa shape index (κ3) is 7.03. The van der Waals surface area contributed by atoms with E-state index in [2.05, 4.69) is 58.2 Å². The summed E-state index contributed by atoms with van der Waals surface area (Å²) in [6.07, 6.45) is 9.04. The highest BCUT2D eigenvalue weighted by Gasteiger charge is 2.48. The van der Waals surface area contributed by atoms with Crippen molar-refractivity contribution in [2.75, 3.05) is 7.11 Å². The molecule has 1 aliphatic rings. The van der Waals surface area contributed by atoms with Gasteiger partial charge in [-0.15, -0.1) is 11.6 Å². The Bertz CT molecular complexity index is 782. The van der Waals surface area contributed by atoms with Gasteiger partial charge in [-0.2, -0.15) is 0 Å². The number of benzene rings is 1. The minimum Gasteiger partial charge on any atom is -0.469 e. The fraction of sp³-hybridized carbons (Fsp3) is 0.615. The molecule has 2 rings (SSSR count). The molecule has 0 amide bonds. The molecule has 0 spiro atoms. The van der Waals surface area contributed by atoms with Crippen LogP contribution in [0.3, 0.4) is 0 Å². The van der Waals surface area contributed by atoms with Gasteiger partial charge in [0.1, 0.15) is 6.29 Å². The zero-order valence-corrected chi connectivity index (χ0v) is 22.2. The van der Waals surface area contributed by atoms with E-state index in [0.717, 1.165) is 32.0 Å². The first-order valence-electron chi connectivity index (χ1n) is 11.6. The van der Waals surface area contributed by atoms with Crippen LogP contribution in [0.2, 0.25) is 18.1 Å². The second-order valence-corrected chi connectivity index (χ2v) is 15.6. The van der Waals surface area contributed by atoms with Crippen molar-refractivity contribution < 1.29 is 18.8 Å². The number of methoxy groups -OCH3 is 1. The second-order valence-electron chi connectivity index (χ2n) is 10.3. The molecule has 32 heavy (non-hydrogen) atoms. The molecule has 0 bridgehead atoms. The molecule has 1 aromatic rings. The number of hydrogen-bond donors (Lipinski definition) is 0. The van der Waals surface area contributed by atoms with Gasteiger partial charge >= 0.3 is 5.97 Å². The number of rotatable bonds is 10. The molecule has 0 saturated heterocycles. The number of carbonyl (C=O) groups is 2. The Morgan fingerprint density at radius 1 is 1.19 bits per heavy atom. The zero-order chi connectivity index (χ0) is 23.9. The molecule has 0 aromatic heterocycles. The highest BCUT2D eigenvalue weighted by Crippen LogP contribution is 2.49. The fourth-order valence-electron chi connectivity index (χ4n) is 4.11. The largest absolute Gasteiger partial charge is 0.469 e. The van der Waals surface area contributed by atoms with Gasteiger partial charge in [0.15, 0.2) is 8.32 Å². The molecule has 1 fully saturated rings. The number of halogens is 1. The third-order valence-corrected chi connectivity index (χ3v) is 12.1. The lowest BCUT2D eigenvalue weighted by Gasteiger charge is -2.40. The third-order valence-electron chi connectivity index (χ3n) is 7.05. The molecular formula is C26H39ClO4Si. The Hall–Kier alpha value is -1.43. The standard InChI is InChI=1S/C26H39ClO4Si/c1-26(2,3)32(5,6)31-23-17-22(27)21(11-9-7-8-10-12-24(29)30-4)25(23)20-15-13-19(18-28)14-16-20/h7,9,13-16,18,21-23,25H,8,10-12,17H2,1-6H3/t21-,22+,23+,25+/m0/s1. The smallest absolute Gasteiger partial charge is 0.305 e. The van der Waals surface area contributed by atoms with Crippen LogP contribution in [0.5, 0.6) is 0 Å². The van der Waals surface area contributed by atoms with Crippen molar-refractivity contribution in [2.45, 2.75) is 88.4 Å². The first kappa shape index (κ1) is 26.8. The summed E-state index contributed by atoms with van der Waals surface area (Å²) in [5.41, 5.74) is 1.87. The van der Waals surface area contributed by atoms with Gasteiger partial charge in [0, 0.05) is 23.3 Å². The van der Waals surface area contributed by atoms with Crippen LogP contribution >= 0.6 is 11.6 Å². The van der Waals surface area contributed by atoms with Gasteiger partial charge in [0.2, 0.25) is 0 Å². The van der Waals surface area contributed by atoms with Gasteiger partial charge < -0.3 is 9.16 Å². The Labute approximate surface area is 199 Å². The van der Waals surface area contributed by atoms with E-state index in [0.29, 0.717) is 12.0 Å². The summed E-state index contributed by atoms with van der Waals surface area (Å²) in [6.45, 7) is 11.4. The molecule has 0 unspecified atom stereocenters. The SMILES string of the molecule is COC(=O)CCCC=CC[C@@H]1[C@@H](c2ccc(C=O)cc2)[C@H](O[Si](C)(C)C(C)(C)C)C[C@H]1Cl. The van der Waals surface area contributed by atoms with Crippen molar-refractivity contribution in [3.63, 3.8) is 0 Å². The number of alkyl halides is 1. The van der Waals surface area contributed by atoms with Crippen LogP contribution in [0.15, 0.2) is 36.4 Å². The quantitative estimate of drug-likeness (QED) is 0.0916. The summed E-state index contributed by atoms with van der Waals surface area (Å²) in [7, 11) is -0.542. The van der Waals surface area contributed by atoms with Crippen LogP contribution in [-0.2, 0) is 14.0 Å². The number of allylic oxidation sites excluding steroid dienone is 2. The summed E-state index contributed by atoms with van der Waals surface area (Å²) in [4.78, 5) is 22.4. The maximum absolute atomic E-state index is 11.3. The van der Waals surface area contributed by atoms with E-state index >= 15 is 0 Å². The summed E-state index contributed by atoms with van der Waals surface area (Å²) in [6, 6.07) is 7.87. The Morgan fingerprint density at radius 3 is 2.41 bits per heavy atom. The Kier molecular flexibility index (Phi) is 9.74. The first-order chi connectivity index (χ1) is 15.0. The van der Waals surface area contributed by atoms with Gasteiger partial charge in [-0.05, 0) is 55.3 Å². The molecule has 178 valence electrons. The normalized spacial score (nSPS) is 24.1. The van der Waals surface area contributed by atoms with Crippen LogP contribution < -0.4 is 0 Å². The molecule has 1 aromatic carbocycles. The van der Waals surface area contributed by atoms with Crippen molar-refractivity contribution >= 4 is 32.2 Å². The van der Waals surface area contributed by atoms with Gasteiger partial charge in [0.05, 0.1) is 13.2 Å². The average molecular weight is 479 g/mol. The minimum atomic E-state index is -1.96. The lowest BCUT2D eigenvalue weighted by Crippen LogP contribution is -2.44. The van der Waals surface area contributed by atoms with E-state index in [4.69, 9.17) is 20.8 Å². The maximum Gasteiger partial charge on any atom is 0.305 e. The van der Waals surface area contributed by atoms with Crippen molar-refractivity contribution in [2.24, 2.45) is 5.92 Å². The number of carbonyl (C=O) groups excluding carboxylic acids is 2. The van der Waals surface area contributed by atoms with Crippen LogP contribution in [-0.4, -0.2) is 39.2 Å². The second kappa shape index (κ2) is 11.6. The Morgan fingerprint density at radius 2 is 1.84 bits per heavy atom. The van der Waals surface area contributed by atoms with Crippen molar-refractivity contribution in [1.82, 2.24) is 0 Å². The average Bonchev–Trinajstić information content (AvgIpc) is 3.03. The van der Waals surface area contributed by atoms with Crippen molar-refractivity contribution in [1.29, 1.82) is 0 Å². The fourth-order valence-corrected chi connectivity index (χ4v) is 5.90. The summed E-state index contributed by atoms with van der Waals surface area (Å²) in [5, 5.41) is 0.151. The number of aldehydes is 1. The van der Waals surface area contributed by atoms with E-state index in [1.807, 2.05) is 12.1 Å². The number of hydrogen-bond acceptors (Lipinski definition) is 4. The minimum absolute atomic E-state index is 0.0280. The topological polar surface area (TPSA) is 52.6 Å². The maximum atomic E-state index is 11.3. The molecule has 0 heterocycles. The van der Waals surface area contributed by atoms with Gasteiger partial charge in [-0.25, -0.2) is 0 Å². The number of ether oxygens (including phenoxy) is 1. The van der Waals surface area contributed by atoms with E-state index in [-0.39, 0.29) is 34.3 Å². The predicted octanol–water partition coefficient (Wildman–Crippen LogP) is 6.89. The van der Waals surface area contributed by atoms with E-state index in [1.54, 1.807) is 0 Å². The van der Waals surface area contributed by atoms with E-state index < -0.39 is 8.32 Å². The molecule has 6 heteroatoms. The summed E-state index contributed by atoms with van der Waals surface area (Å²) >= 11 is 6.90. The van der Waals surface area contributed by atoms with Crippen molar-refractivity contribution in [3.05, 3.63) is 47.5 Å². The van der Waals surface area contributed by atoms with Gasteiger partial charge in [0.25, 0.3) is 0 Å². The van der Waals surface area contributed by atoms with Crippen LogP contribution in [0.4, 0.5) is 0 Å². The monoisotopic (exact) mass is 478 g/mol. The van der Waals surface area contributed by atoms with E-state index in [9.17, 15) is 9.59 Å². The van der Waals surface area contributed by atoms with Crippen molar-refractivity contribution in [3.8, 4) is 0 Å². The highest BCUT2D eigenvalue weighted by molar-refractivity contribution is 6.74. The number of unbranched alkanes of at least 4 members (excludes halogenated alkanes) is 1. The van der Waals surface area contributed by atoms with Gasteiger partial charge in [-0.1, -0.05) is 57.2 Å². The van der Waals surface area contributed by atoms with Crippen LogP contribution in [0.25, 0.3) is 0 Å². The summed E-state index contributed by atoms with van der Waals surface area (Å²) < 4.78 is 11.6. The zero-order valence-electron chi connectivity index (χ0n) is 20.4. The number of esters is 1. The summed E-state index contributed by atoms with van der Waals surface area (Å²) in [5.74, 6) is 0.275. The molecular weight excluding hydrogens is 440 g/mol. The molecule has 0 aliphatic heterocycles. The Balaban J connectivity index is 2.18. The molecule has 0 radical (unpaired) electrons. The predicted molar refractivity (Wildman–Crippen MR) is 134 cm³/mol. The highest BCUT2D eigenvalue weighted by atomic mass is 35.5. The molecule has 4 nitrogen and oxygen atoms in total. The van der Waals surface area contributed by atoms with Crippen LogP contribution in [0, 0.1) is 5.92 Å².